The molecule has 1 unspecified atom stereocenters. The second kappa shape index (κ2) is 6.19. The summed E-state index contributed by atoms with van der Waals surface area (Å²) in [4.78, 5) is 15.5. The van der Waals surface area contributed by atoms with Crippen LogP contribution in [0.2, 0.25) is 0 Å². The van der Waals surface area contributed by atoms with Gasteiger partial charge < -0.3 is 10.5 Å². The zero-order valence-electron chi connectivity index (χ0n) is 9.51. The van der Waals surface area contributed by atoms with Crippen molar-refractivity contribution < 1.29 is 9.53 Å². The number of nitrogens with two attached hydrogens (primary N) is 1. The first-order chi connectivity index (χ1) is 7.65. The molecule has 1 rings (SSSR count). The van der Waals surface area contributed by atoms with Gasteiger partial charge in [-0.05, 0) is 12.8 Å². The minimum Gasteiger partial charge on any atom is -0.385 e. The number of nitrogens with one attached hydrogen (secondary N) is 1. The number of hydrogen-bond donors (Lipinski definition) is 2. The normalized spacial score (nSPS) is 12.4. The monoisotopic (exact) mass is 227 g/mol. The summed E-state index contributed by atoms with van der Waals surface area (Å²) >= 11 is 0. The molecule has 0 saturated carbocycles. The van der Waals surface area contributed by atoms with Gasteiger partial charge in [0, 0.05) is 20.8 Å². The molecule has 7 nitrogen and oxygen atoms in total. The highest BCUT2D eigenvalue weighted by Crippen LogP contribution is 2.01. The van der Waals surface area contributed by atoms with Gasteiger partial charge in [-0.1, -0.05) is 0 Å². The molecule has 90 valence electrons. The molecular weight excluding hydrogens is 210 g/mol. The van der Waals surface area contributed by atoms with Gasteiger partial charge in [-0.15, -0.1) is 0 Å². The average Bonchev–Trinajstić information content (AvgIpc) is 2.64. The number of anilines is 1. The summed E-state index contributed by atoms with van der Waals surface area (Å²) in [6.07, 6.45) is 2.70. The largest absolute Gasteiger partial charge is 0.385 e. The van der Waals surface area contributed by atoms with E-state index in [9.17, 15) is 4.79 Å². The van der Waals surface area contributed by atoms with Crippen LogP contribution in [0.5, 0.6) is 0 Å². The molecule has 1 heterocycles. The first-order valence-corrected chi connectivity index (χ1v) is 5.04. The van der Waals surface area contributed by atoms with Gasteiger partial charge in [0.2, 0.25) is 11.9 Å². The molecule has 1 aromatic heterocycles. The summed E-state index contributed by atoms with van der Waals surface area (Å²) in [5.41, 5.74) is 5.70. The highest BCUT2D eigenvalue weighted by molar-refractivity contribution is 5.93. The Morgan fingerprint density at radius 1 is 1.75 bits per heavy atom. The molecule has 0 spiro atoms. The van der Waals surface area contributed by atoms with Gasteiger partial charge in [0.1, 0.15) is 6.33 Å². The lowest BCUT2D eigenvalue weighted by Gasteiger charge is -2.10. The van der Waals surface area contributed by atoms with Crippen molar-refractivity contribution in [3.63, 3.8) is 0 Å². The van der Waals surface area contributed by atoms with Gasteiger partial charge in [-0.3, -0.25) is 10.1 Å². The van der Waals surface area contributed by atoms with Crippen LogP contribution in [0.4, 0.5) is 5.95 Å². The molecule has 0 aliphatic rings. The number of hydrogen-bond acceptors (Lipinski definition) is 5. The number of methoxy groups -OCH3 is 1. The van der Waals surface area contributed by atoms with Crippen molar-refractivity contribution in [2.45, 2.75) is 18.9 Å². The summed E-state index contributed by atoms with van der Waals surface area (Å²) < 4.78 is 6.36. The Bertz CT molecular complexity index is 338. The topological polar surface area (TPSA) is 95.1 Å². The Kier molecular flexibility index (Phi) is 4.87. The van der Waals surface area contributed by atoms with E-state index in [0.717, 1.165) is 6.42 Å². The van der Waals surface area contributed by atoms with E-state index in [1.54, 1.807) is 14.2 Å². The fraction of sp³-hybridized carbons (Fsp3) is 0.667. The van der Waals surface area contributed by atoms with E-state index in [4.69, 9.17) is 10.5 Å². The predicted octanol–water partition coefficient (Wildman–Crippen LogP) is -0.492. The minimum atomic E-state index is -0.549. The van der Waals surface area contributed by atoms with Crippen LogP contribution in [0.25, 0.3) is 0 Å². The van der Waals surface area contributed by atoms with Crippen LogP contribution < -0.4 is 11.1 Å². The zero-order valence-corrected chi connectivity index (χ0v) is 9.51. The van der Waals surface area contributed by atoms with Crippen LogP contribution in [-0.2, 0) is 16.6 Å². The Morgan fingerprint density at radius 2 is 2.50 bits per heavy atom. The number of ether oxygens (including phenoxy) is 1. The lowest BCUT2D eigenvalue weighted by atomic mass is 10.1. The van der Waals surface area contributed by atoms with Crippen molar-refractivity contribution in [1.82, 2.24) is 14.8 Å². The molecule has 3 N–H and O–H groups in total. The Balaban J connectivity index is 2.37. The van der Waals surface area contributed by atoms with Crippen LogP contribution in [-0.4, -0.2) is 40.4 Å². The third-order valence-corrected chi connectivity index (χ3v) is 2.15. The number of nitrogens with zero attached hydrogens (tertiary/aromatic N) is 3. The summed E-state index contributed by atoms with van der Waals surface area (Å²) in [5, 5.41) is 6.44. The van der Waals surface area contributed by atoms with Gasteiger partial charge >= 0.3 is 0 Å². The maximum atomic E-state index is 11.6. The number of carbonyl (C=O) groups excluding carboxylic acids is 1. The lowest BCUT2D eigenvalue weighted by molar-refractivity contribution is -0.117. The molecule has 1 aromatic rings. The molecule has 0 saturated heterocycles. The SMILES string of the molecule is COCCCC(N)C(=O)Nc1ncnn1C. The van der Waals surface area contributed by atoms with E-state index in [2.05, 4.69) is 15.4 Å². The van der Waals surface area contributed by atoms with Crippen molar-refractivity contribution in [3.8, 4) is 0 Å². The van der Waals surface area contributed by atoms with Crippen molar-refractivity contribution in [2.75, 3.05) is 19.0 Å². The second-order valence-electron chi connectivity index (χ2n) is 3.44. The highest BCUT2D eigenvalue weighted by Gasteiger charge is 2.14. The molecule has 7 heteroatoms. The van der Waals surface area contributed by atoms with Crippen molar-refractivity contribution in [2.24, 2.45) is 12.8 Å². The molecule has 0 aromatic carbocycles. The number of aromatic nitrogens is 3. The maximum absolute atomic E-state index is 11.6. The molecule has 0 fully saturated rings. The molecule has 0 bridgehead atoms. The smallest absolute Gasteiger partial charge is 0.243 e. The van der Waals surface area contributed by atoms with Crippen LogP contribution in [0.1, 0.15) is 12.8 Å². The Hall–Kier alpha value is -1.47. The van der Waals surface area contributed by atoms with Crippen LogP contribution in [0.15, 0.2) is 6.33 Å². The standard InChI is InChI=1S/C9H17N5O2/c1-14-9(11-6-12-14)13-8(15)7(10)4-3-5-16-2/h6-7H,3-5,10H2,1-2H3,(H,11,12,13,15). The van der Waals surface area contributed by atoms with E-state index in [1.807, 2.05) is 0 Å². The van der Waals surface area contributed by atoms with Gasteiger partial charge in [0.15, 0.2) is 0 Å². The number of carbonyl (C=O) groups is 1. The number of rotatable bonds is 6. The van der Waals surface area contributed by atoms with Crippen LogP contribution >= 0.6 is 0 Å². The summed E-state index contributed by atoms with van der Waals surface area (Å²) in [7, 11) is 3.31. The molecular formula is C9H17N5O2. The predicted molar refractivity (Wildman–Crippen MR) is 58.7 cm³/mol. The van der Waals surface area contributed by atoms with E-state index in [1.165, 1.54) is 11.0 Å². The summed E-state index contributed by atoms with van der Waals surface area (Å²) in [6.45, 7) is 0.602. The quantitative estimate of drug-likeness (QED) is 0.639. The van der Waals surface area contributed by atoms with Gasteiger partial charge in [-0.2, -0.15) is 10.1 Å². The maximum Gasteiger partial charge on any atom is 0.243 e. The third kappa shape index (κ3) is 3.59. The van der Waals surface area contributed by atoms with E-state index < -0.39 is 6.04 Å². The second-order valence-corrected chi connectivity index (χ2v) is 3.44. The Morgan fingerprint density at radius 3 is 3.06 bits per heavy atom. The third-order valence-electron chi connectivity index (χ3n) is 2.15. The molecule has 0 radical (unpaired) electrons. The average molecular weight is 227 g/mol. The molecule has 0 aliphatic carbocycles. The minimum absolute atomic E-state index is 0.257. The van der Waals surface area contributed by atoms with Crippen LogP contribution in [0, 0.1) is 0 Å². The summed E-state index contributed by atoms with van der Waals surface area (Å²) in [6, 6.07) is -0.549. The molecule has 16 heavy (non-hydrogen) atoms. The Labute approximate surface area is 94.0 Å². The lowest BCUT2D eigenvalue weighted by Crippen LogP contribution is -2.36. The van der Waals surface area contributed by atoms with E-state index in [-0.39, 0.29) is 5.91 Å². The van der Waals surface area contributed by atoms with Crippen molar-refractivity contribution in [3.05, 3.63) is 6.33 Å². The van der Waals surface area contributed by atoms with Gasteiger partial charge in [0.25, 0.3) is 0 Å². The molecule has 1 amide bonds. The van der Waals surface area contributed by atoms with Crippen molar-refractivity contribution >= 4 is 11.9 Å². The zero-order chi connectivity index (χ0) is 12.0. The fourth-order valence-electron chi connectivity index (χ4n) is 1.19. The van der Waals surface area contributed by atoms with Crippen molar-refractivity contribution in [1.29, 1.82) is 0 Å². The van der Waals surface area contributed by atoms with E-state index >= 15 is 0 Å². The molecule has 0 aliphatic heterocycles. The van der Waals surface area contributed by atoms with Gasteiger partial charge in [-0.25, -0.2) is 4.68 Å². The first-order valence-electron chi connectivity index (χ1n) is 5.04. The van der Waals surface area contributed by atoms with Gasteiger partial charge in [0.05, 0.1) is 6.04 Å². The first kappa shape index (κ1) is 12.6. The van der Waals surface area contributed by atoms with Crippen LogP contribution in [0.3, 0.4) is 0 Å². The fourth-order valence-corrected chi connectivity index (χ4v) is 1.19. The number of aryl methyl sites for hydroxylation is 1. The summed E-state index contributed by atoms with van der Waals surface area (Å²) in [5.74, 6) is 0.138. The highest BCUT2D eigenvalue weighted by atomic mass is 16.5. The number of amides is 1. The molecule has 1 atom stereocenters. The van der Waals surface area contributed by atoms with E-state index in [0.29, 0.717) is 19.0 Å².